The number of carbonyl (C=O) groups excluding carboxylic acids is 3. The van der Waals surface area contributed by atoms with Crippen LogP contribution in [0.25, 0.3) is 0 Å². The van der Waals surface area contributed by atoms with Crippen molar-refractivity contribution in [1.82, 2.24) is 10.2 Å². The molecule has 0 aromatic rings. The Morgan fingerprint density at radius 1 is 1.59 bits per heavy atom. The first kappa shape index (κ1) is 13.2. The zero-order valence-corrected chi connectivity index (χ0v) is 10.1. The largest absolute Gasteiger partial charge is 0.320 e. The molecule has 1 N–H and O–H groups in total. The first-order valence-corrected chi connectivity index (χ1v) is 5.39. The lowest BCUT2D eigenvalue weighted by Gasteiger charge is -2.36. The zero-order chi connectivity index (χ0) is 13.2. The van der Waals surface area contributed by atoms with Crippen molar-refractivity contribution in [2.45, 2.75) is 33.2 Å². The van der Waals surface area contributed by atoms with Gasteiger partial charge in [-0.3, -0.25) is 19.7 Å². The summed E-state index contributed by atoms with van der Waals surface area (Å²) in [4.78, 5) is 36.1. The van der Waals surface area contributed by atoms with Crippen LogP contribution in [0, 0.1) is 16.7 Å². The molecule has 1 heterocycles. The van der Waals surface area contributed by atoms with Gasteiger partial charge in [0, 0.05) is 0 Å². The van der Waals surface area contributed by atoms with Crippen molar-refractivity contribution in [3.05, 3.63) is 0 Å². The maximum absolute atomic E-state index is 12.1. The average Bonchev–Trinajstić information content (AvgIpc) is 2.27. The Hall–Kier alpha value is -1.90. The second-order valence-electron chi connectivity index (χ2n) is 4.51. The third-order valence-corrected chi connectivity index (χ3v) is 2.72. The first-order chi connectivity index (χ1) is 7.83. The number of rotatable bonds is 2. The predicted octanol–water partition coefficient (Wildman–Crippen LogP) is -0.200. The topological polar surface area (TPSA) is 90.3 Å². The number of amides is 3. The predicted molar refractivity (Wildman–Crippen MR) is 58.3 cm³/mol. The molecule has 1 saturated heterocycles. The lowest BCUT2D eigenvalue weighted by atomic mass is 9.92. The van der Waals surface area contributed by atoms with Gasteiger partial charge in [-0.05, 0) is 20.3 Å². The van der Waals surface area contributed by atoms with E-state index in [-0.39, 0.29) is 6.54 Å². The van der Waals surface area contributed by atoms with E-state index in [9.17, 15) is 14.4 Å². The Morgan fingerprint density at radius 3 is 2.65 bits per heavy atom. The number of piperazine rings is 1. The molecule has 1 fully saturated rings. The van der Waals surface area contributed by atoms with Gasteiger partial charge in [-0.1, -0.05) is 6.92 Å². The second kappa shape index (κ2) is 4.53. The minimum absolute atomic E-state index is 0.172. The highest BCUT2D eigenvalue weighted by molar-refractivity contribution is 6.05. The van der Waals surface area contributed by atoms with E-state index in [0.717, 1.165) is 0 Å². The van der Waals surface area contributed by atoms with Gasteiger partial charge in [0.25, 0.3) is 0 Å². The van der Waals surface area contributed by atoms with Gasteiger partial charge in [0.15, 0.2) is 0 Å². The average molecular weight is 237 g/mol. The highest BCUT2D eigenvalue weighted by atomic mass is 16.2. The van der Waals surface area contributed by atoms with Gasteiger partial charge in [-0.2, -0.15) is 5.26 Å². The second-order valence-corrected chi connectivity index (χ2v) is 4.51. The van der Waals surface area contributed by atoms with Crippen LogP contribution >= 0.6 is 0 Å². The number of carbonyl (C=O) groups is 3. The van der Waals surface area contributed by atoms with Crippen molar-refractivity contribution in [3.8, 4) is 6.07 Å². The van der Waals surface area contributed by atoms with E-state index >= 15 is 0 Å². The SMILES string of the molecule is CCC1C(=O)NC(=O)CN1C(=O)C(C)(C)C#N. The minimum Gasteiger partial charge on any atom is -0.320 e. The van der Waals surface area contributed by atoms with Gasteiger partial charge in [-0.15, -0.1) is 0 Å². The molecule has 92 valence electrons. The van der Waals surface area contributed by atoms with Crippen LogP contribution in [0.5, 0.6) is 0 Å². The molecular formula is C11H15N3O3. The Labute approximate surface area is 99.6 Å². The minimum atomic E-state index is -1.23. The highest BCUT2D eigenvalue weighted by Crippen LogP contribution is 2.21. The summed E-state index contributed by atoms with van der Waals surface area (Å²) in [7, 11) is 0. The molecule has 1 unspecified atom stereocenters. The monoisotopic (exact) mass is 237 g/mol. The summed E-state index contributed by atoms with van der Waals surface area (Å²) in [6.45, 7) is 4.52. The highest BCUT2D eigenvalue weighted by Gasteiger charge is 2.41. The van der Waals surface area contributed by atoms with Gasteiger partial charge in [0.05, 0.1) is 6.07 Å². The first-order valence-electron chi connectivity index (χ1n) is 5.39. The van der Waals surface area contributed by atoms with E-state index in [4.69, 9.17) is 5.26 Å². The molecule has 0 saturated carbocycles. The van der Waals surface area contributed by atoms with Gasteiger partial charge in [0.2, 0.25) is 17.7 Å². The molecule has 0 aromatic heterocycles. The van der Waals surface area contributed by atoms with E-state index in [1.807, 2.05) is 6.07 Å². The van der Waals surface area contributed by atoms with Crippen LogP contribution in [0.3, 0.4) is 0 Å². The number of nitrogens with zero attached hydrogens (tertiary/aromatic N) is 2. The van der Waals surface area contributed by atoms with Crippen LogP contribution < -0.4 is 5.32 Å². The van der Waals surface area contributed by atoms with Crippen molar-refractivity contribution < 1.29 is 14.4 Å². The summed E-state index contributed by atoms with van der Waals surface area (Å²) in [6.07, 6.45) is 0.409. The van der Waals surface area contributed by atoms with E-state index in [1.54, 1.807) is 6.92 Å². The summed E-state index contributed by atoms with van der Waals surface area (Å²) < 4.78 is 0. The molecule has 0 spiro atoms. The summed E-state index contributed by atoms with van der Waals surface area (Å²) in [6, 6.07) is 1.21. The lowest BCUT2D eigenvalue weighted by molar-refractivity contribution is -0.153. The maximum atomic E-state index is 12.1. The van der Waals surface area contributed by atoms with Crippen LogP contribution in [0.15, 0.2) is 0 Å². The van der Waals surface area contributed by atoms with E-state index in [2.05, 4.69) is 5.32 Å². The van der Waals surface area contributed by atoms with E-state index < -0.39 is 29.2 Å². The molecule has 0 bridgehead atoms. The maximum Gasteiger partial charge on any atom is 0.249 e. The van der Waals surface area contributed by atoms with Gasteiger partial charge in [-0.25, -0.2) is 0 Å². The van der Waals surface area contributed by atoms with Crippen molar-refractivity contribution in [2.75, 3.05) is 6.54 Å². The third kappa shape index (κ3) is 2.44. The van der Waals surface area contributed by atoms with Crippen LogP contribution in [0.2, 0.25) is 0 Å². The summed E-state index contributed by atoms with van der Waals surface area (Å²) in [5, 5.41) is 11.1. The van der Waals surface area contributed by atoms with Crippen molar-refractivity contribution in [2.24, 2.45) is 5.41 Å². The van der Waals surface area contributed by atoms with Crippen LogP contribution in [0.4, 0.5) is 0 Å². The Bertz CT molecular complexity index is 409. The van der Waals surface area contributed by atoms with Crippen molar-refractivity contribution in [3.63, 3.8) is 0 Å². The standard InChI is InChI=1S/C11H15N3O3/c1-4-7-9(16)13-8(15)5-14(7)10(17)11(2,3)6-12/h7H,4-5H2,1-3H3,(H,13,15,16). The van der Waals surface area contributed by atoms with Crippen molar-refractivity contribution >= 4 is 17.7 Å². The fourth-order valence-electron chi connectivity index (χ4n) is 1.69. The Kier molecular flexibility index (Phi) is 3.51. The number of hydrogen-bond donors (Lipinski definition) is 1. The van der Waals surface area contributed by atoms with E-state index in [0.29, 0.717) is 6.42 Å². The Balaban J connectivity index is 3.02. The zero-order valence-electron chi connectivity index (χ0n) is 10.1. The summed E-state index contributed by atoms with van der Waals surface area (Å²) in [5.41, 5.74) is -1.23. The molecule has 1 rings (SSSR count). The van der Waals surface area contributed by atoms with Gasteiger partial charge >= 0.3 is 0 Å². The fraction of sp³-hybridized carbons (Fsp3) is 0.636. The van der Waals surface area contributed by atoms with Crippen molar-refractivity contribution in [1.29, 1.82) is 5.26 Å². The molecule has 6 heteroatoms. The smallest absolute Gasteiger partial charge is 0.249 e. The molecule has 1 aliphatic heterocycles. The molecule has 1 atom stereocenters. The molecule has 0 radical (unpaired) electrons. The van der Waals surface area contributed by atoms with Crippen LogP contribution in [-0.2, 0) is 14.4 Å². The third-order valence-electron chi connectivity index (χ3n) is 2.72. The van der Waals surface area contributed by atoms with Crippen LogP contribution in [-0.4, -0.2) is 35.2 Å². The molecule has 6 nitrogen and oxygen atoms in total. The fourth-order valence-corrected chi connectivity index (χ4v) is 1.69. The molecule has 17 heavy (non-hydrogen) atoms. The molecule has 1 aliphatic rings. The number of imide groups is 1. The quantitative estimate of drug-likeness (QED) is 0.673. The van der Waals surface area contributed by atoms with Crippen LogP contribution in [0.1, 0.15) is 27.2 Å². The number of nitrogens with one attached hydrogen (secondary N) is 1. The lowest BCUT2D eigenvalue weighted by Crippen LogP contribution is -2.61. The van der Waals surface area contributed by atoms with Gasteiger partial charge in [0.1, 0.15) is 18.0 Å². The van der Waals surface area contributed by atoms with Gasteiger partial charge < -0.3 is 4.90 Å². The molecular weight excluding hydrogens is 222 g/mol. The number of nitriles is 1. The Morgan fingerprint density at radius 2 is 2.18 bits per heavy atom. The molecule has 0 aromatic carbocycles. The summed E-state index contributed by atoms with van der Waals surface area (Å²) >= 11 is 0. The normalized spacial score (nSPS) is 20.8. The molecule has 3 amide bonds. The number of hydrogen-bond acceptors (Lipinski definition) is 4. The summed E-state index contributed by atoms with van der Waals surface area (Å²) in [5.74, 6) is -1.48. The molecule has 0 aliphatic carbocycles. The van der Waals surface area contributed by atoms with E-state index in [1.165, 1.54) is 18.7 Å².